The van der Waals surface area contributed by atoms with E-state index >= 15 is 0 Å². The molecule has 2 N–H and O–H groups in total. The molecule has 6 nitrogen and oxygen atoms in total. The van der Waals surface area contributed by atoms with Gasteiger partial charge in [0.15, 0.2) is 5.82 Å². The zero-order valence-electron chi connectivity index (χ0n) is 11.8. The Morgan fingerprint density at radius 1 is 1.42 bits per heavy atom. The molecule has 0 spiro atoms. The summed E-state index contributed by atoms with van der Waals surface area (Å²) in [5.74, 6) is -0.604. The Bertz CT molecular complexity index is 494. The molecule has 106 valence electrons. The van der Waals surface area contributed by atoms with E-state index in [1.165, 1.54) is 0 Å². The van der Waals surface area contributed by atoms with Crippen LogP contribution in [-0.2, 0) is 4.79 Å². The van der Waals surface area contributed by atoms with E-state index < -0.39 is 5.97 Å². The van der Waals surface area contributed by atoms with E-state index in [4.69, 9.17) is 5.11 Å². The van der Waals surface area contributed by atoms with Gasteiger partial charge < -0.3 is 15.0 Å². The van der Waals surface area contributed by atoms with Crippen LogP contribution in [0.5, 0.6) is 0 Å². The number of aliphatic carboxylic acids is 1. The second kappa shape index (κ2) is 6.36. The van der Waals surface area contributed by atoms with Gasteiger partial charge in [-0.1, -0.05) is 13.8 Å². The number of hydrogen-bond acceptors (Lipinski definition) is 4. The van der Waals surface area contributed by atoms with Crippen LogP contribution in [0.4, 0.5) is 5.82 Å². The van der Waals surface area contributed by atoms with Gasteiger partial charge in [-0.15, -0.1) is 0 Å². The number of carboxylic acid groups (broad SMARTS) is 1. The lowest BCUT2D eigenvalue weighted by atomic mass is 10.0. The van der Waals surface area contributed by atoms with Crippen LogP contribution < -0.4 is 10.9 Å². The topological polar surface area (TPSA) is 84.2 Å². The summed E-state index contributed by atoms with van der Waals surface area (Å²) in [6.07, 6.45) is 3.12. The van der Waals surface area contributed by atoms with Gasteiger partial charge in [0, 0.05) is 24.5 Å². The second-order valence-electron chi connectivity index (χ2n) is 5.17. The molecule has 0 saturated heterocycles. The molecule has 0 amide bonds. The highest BCUT2D eigenvalue weighted by atomic mass is 16.4. The minimum Gasteiger partial charge on any atom is -0.481 e. The number of hydrogen-bond donors (Lipinski definition) is 2. The molecular weight excluding hydrogens is 246 g/mol. The van der Waals surface area contributed by atoms with Crippen LogP contribution in [0.25, 0.3) is 0 Å². The van der Waals surface area contributed by atoms with Gasteiger partial charge in [0.1, 0.15) is 0 Å². The summed E-state index contributed by atoms with van der Waals surface area (Å²) < 4.78 is 1.56. The van der Waals surface area contributed by atoms with Crippen LogP contribution in [0.3, 0.4) is 0 Å². The number of anilines is 1. The fourth-order valence-electron chi connectivity index (χ4n) is 1.75. The Labute approximate surface area is 112 Å². The van der Waals surface area contributed by atoms with Gasteiger partial charge in [0.25, 0.3) is 5.56 Å². The van der Waals surface area contributed by atoms with Crippen LogP contribution in [-0.4, -0.2) is 26.7 Å². The summed E-state index contributed by atoms with van der Waals surface area (Å²) in [7, 11) is 0. The van der Waals surface area contributed by atoms with Crippen molar-refractivity contribution in [3.8, 4) is 0 Å². The minimum absolute atomic E-state index is 0.0352. The third-order valence-corrected chi connectivity index (χ3v) is 2.95. The molecule has 1 unspecified atom stereocenters. The number of rotatable bonds is 6. The van der Waals surface area contributed by atoms with Gasteiger partial charge in [-0.2, -0.15) is 0 Å². The monoisotopic (exact) mass is 267 g/mol. The lowest BCUT2D eigenvalue weighted by Crippen LogP contribution is -2.34. The van der Waals surface area contributed by atoms with E-state index in [1.807, 2.05) is 27.7 Å². The fraction of sp³-hybridized carbons (Fsp3) is 0.615. The molecule has 0 saturated carbocycles. The molecule has 0 aliphatic heterocycles. The number of aromatic nitrogens is 2. The molecule has 0 radical (unpaired) electrons. The maximum atomic E-state index is 12.1. The van der Waals surface area contributed by atoms with Crippen LogP contribution in [0.15, 0.2) is 17.2 Å². The molecule has 1 aromatic heterocycles. The molecule has 1 heterocycles. The van der Waals surface area contributed by atoms with Crippen LogP contribution in [0, 0.1) is 5.92 Å². The first-order chi connectivity index (χ1) is 8.82. The second-order valence-corrected chi connectivity index (χ2v) is 5.17. The van der Waals surface area contributed by atoms with Gasteiger partial charge in [-0.3, -0.25) is 9.59 Å². The molecule has 0 aliphatic carbocycles. The molecular formula is C13H21N3O3. The summed E-state index contributed by atoms with van der Waals surface area (Å²) in [5.41, 5.74) is -0.228. The number of nitrogens with one attached hydrogen (secondary N) is 1. The van der Waals surface area contributed by atoms with Gasteiger partial charge in [-0.25, -0.2) is 4.98 Å². The van der Waals surface area contributed by atoms with Crippen molar-refractivity contribution >= 4 is 11.8 Å². The number of carboxylic acids is 1. The van der Waals surface area contributed by atoms with Gasteiger partial charge in [0.05, 0.1) is 6.42 Å². The molecule has 0 bridgehead atoms. The third kappa shape index (κ3) is 4.08. The van der Waals surface area contributed by atoms with E-state index in [-0.39, 0.29) is 35.8 Å². The van der Waals surface area contributed by atoms with E-state index in [9.17, 15) is 9.59 Å². The summed E-state index contributed by atoms with van der Waals surface area (Å²) in [5, 5.41) is 11.8. The van der Waals surface area contributed by atoms with E-state index in [0.29, 0.717) is 0 Å². The van der Waals surface area contributed by atoms with Crippen molar-refractivity contribution < 1.29 is 9.90 Å². The average Bonchev–Trinajstić information content (AvgIpc) is 2.29. The third-order valence-electron chi connectivity index (χ3n) is 2.95. The molecule has 6 heteroatoms. The predicted molar refractivity (Wildman–Crippen MR) is 73.4 cm³/mol. The van der Waals surface area contributed by atoms with Crippen molar-refractivity contribution in [1.82, 2.24) is 9.55 Å². The molecule has 0 aromatic carbocycles. The Balaban J connectivity index is 3.00. The van der Waals surface area contributed by atoms with Crippen LogP contribution >= 0.6 is 0 Å². The Hall–Kier alpha value is -1.85. The van der Waals surface area contributed by atoms with Gasteiger partial charge in [0.2, 0.25) is 0 Å². The minimum atomic E-state index is -0.897. The lowest BCUT2D eigenvalue weighted by molar-refractivity contribution is -0.137. The van der Waals surface area contributed by atoms with E-state index in [1.54, 1.807) is 17.0 Å². The standard InChI is InChI=1S/C13H21N3O3/c1-8(2)10(7-11(17)18)15-12-13(19)16(9(3)4)6-5-14-12/h5-6,8-10H,7H2,1-4H3,(H,14,15)(H,17,18). The average molecular weight is 267 g/mol. The lowest BCUT2D eigenvalue weighted by Gasteiger charge is -2.21. The smallest absolute Gasteiger partial charge is 0.305 e. The molecule has 19 heavy (non-hydrogen) atoms. The Kier molecular flexibility index (Phi) is 5.09. The zero-order chi connectivity index (χ0) is 14.6. The fourth-order valence-corrected chi connectivity index (χ4v) is 1.75. The molecule has 0 aliphatic rings. The summed E-state index contributed by atoms with van der Waals surface area (Å²) in [4.78, 5) is 27.0. The maximum Gasteiger partial charge on any atom is 0.305 e. The Morgan fingerprint density at radius 3 is 2.53 bits per heavy atom. The summed E-state index contributed by atoms with van der Waals surface area (Å²) in [6, 6.07) is -0.284. The highest BCUT2D eigenvalue weighted by Gasteiger charge is 2.19. The van der Waals surface area contributed by atoms with Crippen LogP contribution in [0.1, 0.15) is 40.2 Å². The van der Waals surface area contributed by atoms with Crippen molar-refractivity contribution in [3.05, 3.63) is 22.7 Å². The zero-order valence-corrected chi connectivity index (χ0v) is 11.8. The van der Waals surface area contributed by atoms with E-state index in [0.717, 1.165) is 0 Å². The molecule has 1 aromatic rings. The largest absolute Gasteiger partial charge is 0.481 e. The first-order valence-corrected chi connectivity index (χ1v) is 6.38. The quantitative estimate of drug-likeness (QED) is 0.820. The van der Waals surface area contributed by atoms with Crippen molar-refractivity contribution in [2.75, 3.05) is 5.32 Å². The van der Waals surface area contributed by atoms with Crippen molar-refractivity contribution in [2.45, 2.75) is 46.2 Å². The Morgan fingerprint density at radius 2 is 2.05 bits per heavy atom. The predicted octanol–water partition coefficient (Wildman–Crippen LogP) is 1.74. The number of nitrogens with zero attached hydrogens (tertiary/aromatic N) is 2. The first kappa shape index (κ1) is 15.2. The van der Waals surface area contributed by atoms with Gasteiger partial charge >= 0.3 is 5.97 Å². The normalized spacial score (nSPS) is 12.7. The summed E-state index contributed by atoms with van der Waals surface area (Å²) >= 11 is 0. The van der Waals surface area contributed by atoms with Crippen LogP contribution in [0.2, 0.25) is 0 Å². The molecule has 0 fully saturated rings. The molecule has 1 rings (SSSR count). The molecule has 1 atom stereocenters. The van der Waals surface area contributed by atoms with Crippen molar-refractivity contribution in [2.24, 2.45) is 5.92 Å². The van der Waals surface area contributed by atoms with Crippen molar-refractivity contribution in [3.63, 3.8) is 0 Å². The SMILES string of the molecule is CC(C)C(CC(=O)O)Nc1nccn(C(C)C)c1=O. The first-order valence-electron chi connectivity index (χ1n) is 6.38. The maximum absolute atomic E-state index is 12.1. The van der Waals surface area contributed by atoms with Crippen molar-refractivity contribution in [1.29, 1.82) is 0 Å². The number of carbonyl (C=O) groups is 1. The highest BCUT2D eigenvalue weighted by Crippen LogP contribution is 2.11. The summed E-state index contributed by atoms with van der Waals surface area (Å²) in [6.45, 7) is 7.62. The van der Waals surface area contributed by atoms with Gasteiger partial charge in [-0.05, 0) is 19.8 Å². The highest BCUT2D eigenvalue weighted by molar-refractivity contribution is 5.68. The van der Waals surface area contributed by atoms with E-state index in [2.05, 4.69) is 10.3 Å².